The second-order valence-electron chi connectivity index (χ2n) is 9.82. The number of carbonyl (C=O) groups is 2. The molecule has 4 aliphatic rings. The van der Waals surface area contributed by atoms with Crippen LogP contribution in [0, 0.1) is 28.6 Å². The Hall–Kier alpha value is -0.660. The van der Waals surface area contributed by atoms with Gasteiger partial charge in [-0.3, -0.25) is 4.79 Å². The van der Waals surface area contributed by atoms with E-state index in [1.54, 1.807) is 20.8 Å². The van der Waals surface area contributed by atoms with E-state index in [9.17, 15) is 29.3 Å². The molecule has 0 heterocycles. The summed E-state index contributed by atoms with van der Waals surface area (Å²) in [6.45, 7) is 4.85. The van der Waals surface area contributed by atoms with Crippen LogP contribution in [0.25, 0.3) is 0 Å². The molecule has 0 spiro atoms. The third-order valence-electron chi connectivity index (χ3n) is 8.60. The zero-order valence-electron chi connectivity index (χ0n) is 16.8. The molecule has 0 aromatic carbocycles. The normalized spacial score (nSPS) is 55.2. The Kier molecular flexibility index (Phi) is 4.67. The van der Waals surface area contributed by atoms with Gasteiger partial charge in [0.2, 0.25) is 5.78 Å². The number of aliphatic hydroxyl groups is 2. The van der Waals surface area contributed by atoms with Crippen molar-refractivity contribution in [3.63, 3.8) is 0 Å². The molecule has 166 valence electrons. The summed E-state index contributed by atoms with van der Waals surface area (Å²) < 4.78 is 14.9. The summed E-state index contributed by atoms with van der Waals surface area (Å²) in [4.78, 5) is 22.4. The minimum absolute atomic E-state index is 0.00913. The lowest BCUT2D eigenvalue weighted by atomic mass is 9.45. The van der Waals surface area contributed by atoms with Crippen LogP contribution in [0.2, 0.25) is 0 Å². The van der Waals surface area contributed by atoms with Crippen LogP contribution in [0.15, 0.2) is 23.6 Å². The number of aliphatic carboxylic acids is 1. The molecular formula is C21H24Cl3FO5. The van der Waals surface area contributed by atoms with Gasteiger partial charge in [0.05, 0.1) is 5.38 Å². The Morgan fingerprint density at radius 2 is 1.80 bits per heavy atom. The summed E-state index contributed by atoms with van der Waals surface area (Å²) in [5.74, 6) is -4.91. The van der Waals surface area contributed by atoms with Crippen LogP contribution in [0.5, 0.6) is 0 Å². The molecule has 0 aliphatic heterocycles. The number of carbonyl (C=O) groups excluding carboxylic acids is 1. The topological polar surface area (TPSA) is 94.8 Å². The van der Waals surface area contributed by atoms with E-state index in [0.717, 1.165) is 6.08 Å². The van der Waals surface area contributed by atoms with Gasteiger partial charge in [-0.15, -0.1) is 23.2 Å². The van der Waals surface area contributed by atoms with Crippen molar-refractivity contribution in [2.24, 2.45) is 28.6 Å². The van der Waals surface area contributed by atoms with E-state index in [0.29, 0.717) is 6.42 Å². The number of alkyl halides is 3. The van der Waals surface area contributed by atoms with Crippen molar-refractivity contribution in [1.29, 1.82) is 0 Å². The molecule has 9 heteroatoms. The third-order valence-corrected chi connectivity index (χ3v) is 10.5. The fourth-order valence-corrected chi connectivity index (χ4v) is 8.76. The monoisotopic (exact) mass is 480 g/mol. The Bertz CT molecular complexity index is 918. The molecule has 5 nitrogen and oxygen atoms in total. The number of fused-ring (bicyclic) bond motifs is 5. The van der Waals surface area contributed by atoms with Gasteiger partial charge in [0.1, 0.15) is 4.87 Å². The first-order chi connectivity index (χ1) is 13.6. The summed E-state index contributed by atoms with van der Waals surface area (Å²) in [5.41, 5.74) is -4.81. The molecule has 0 aromatic rings. The molecule has 0 radical (unpaired) electrons. The van der Waals surface area contributed by atoms with Crippen LogP contribution in [0.1, 0.15) is 40.0 Å². The van der Waals surface area contributed by atoms with Gasteiger partial charge in [-0.05, 0) is 42.2 Å². The van der Waals surface area contributed by atoms with E-state index < -0.39 is 67.1 Å². The maximum atomic E-state index is 14.9. The SMILES string of the molecule is C[C@@H]1C[C@H]2[C@@H]3C[C@H](Cl)C4=C(F)C(=O)C=C[C@]4(C)[C@@]3(Cl)[C@@](O)(Cl)C[C@]2(C)[C@@]1(O)C(=O)O. The van der Waals surface area contributed by atoms with E-state index in [2.05, 4.69) is 0 Å². The van der Waals surface area contributed by atoms with Crippen LogP contribution in [-0.2, 0) is 9.59 Å². The molecule has 4 aliphatic carbocycles. The highest BCUT2D eigenvalue weighted by molar-refractivity contribution is 6.36. The maximum Gasteiger partial charge on any atom is 0.336 e. The Labute approximate surface area is 188 Å². The number of hydrogen-bond donors (Lipinski definition) is 3. The van der Waals surface area contributed by atoms with Gasteiger partial charge in [-0.1, -0.05) is 38.4 Å². The van der Waals surface area contributed by atoms with E-state index >= 15 is 0 Å². The van der Waals surface area contributed by atoms with Gasteiger partial charge in [0, 0.05) is 17.3 Å². The molecule has 0 bridgehead atoms. The molecule has 0 aromatic heterocycles. The van der Waals surface area contributed by atoms with Crippen molar-refractivity contribution in [3.8, 4) is 0 Å². The number of carboxylic acid groups (broad SMARTS) is 1. The van der Waals surface area contributed by atoms with Crippen molar-refractivity contribution >= 4 is 46.6 Å². The molecule has 0 amide bonds. The molecule has 3 fully saturated rings. The Morgan fingerprint density at radius 1 is 1.20 bits per heavy atom. The van der Waals surface area contributed by atoms with Crippen molar-refractivity contribution in [2.45, 2.75) is 60.9 Å². The molecule has 0 unspecified atom stereocenters. The summed E-state index contributed by atoms with van der Waals surface area (Å²) in [6, 6.07) is 0. The minimum atomic E-state index is -2.21. The molecular weight excluding hydrogens is 458 g/mol. The second-order valence-corrected chi connectivity index (χ2v) is 11.6. The lowest BCUT2D eigenvalue weighted by Gasteiger charge is -2.66. The van der Waals surface area contributed by atoms with E-state index in [1.165, 1.54) is 6.08 Å². The largest absolute Gasteiger partial charge is 0.479 e. The third kappa shape index (κ3) is 2.22. The number of hydrogen-bond acceptors (Lipinski definition) is 4. The van der Waals surface area contributed by atoms with Crippen LogP contribution in [0.4, 0.5) is 4.39 Å². The summed E-state index contributed by atoms with van der Waals surface area (Å²) in [6.07, 6.45) is 2.61. The van der Waals surface area contributed by atoms with E-state index in [-0.39, 0.29) is 18.4 Å². The molecule has 30 heavy (non-hydrogen) atoms. The minimum Gasteiger partial charge on any atom is -0.479 e. The molecule has 9 atom stereocenters. The number of rotatable bonds is 1. The van der Waals surface area contributed by atoms with Crippen molar-refractivity contribution in [1.82, 2.24) is 0 Å². The maximum absolute atomic E-state index is 14.9. The molecule has 0 saturated heterocycles. The number of ketones is 1. The number of halogens is 4. The highest BCUT2D eigenvalue weighted by Crippen LogP contribution is 2.75. The Morgan fingerprint density at radius 3 is 2.37 bits per heavy atom. The van der Waals surface area contributed by atoms with E-state index in [1.807, 2.05) is 0 Å². The summed E-state index contributed by atoms with van der Waals surface area (Å²) >= 11 is 20.4. The predicted molar refractivity (Wildman–Crippen MR) is 110 cm³/mol. The van der Waals surface area contributed by atoms with Gasteiger partial charge in [0.25, 0.3) is 0 Å². The van der Waals surface area contributed by atoms with Crippen molar-refractivity contribution in [2.75, 3.05) is 0 Å². The fourth-order valence-electron chi connectivity index (χ4n) is 7.16. The first-order valence-corrected chi connectivity index (χ1v) is 11.1. The lowest BCUT2D eigenvalue weighted by Crippen LogP contribution is -2.73. The van der Waals surface area contributed by atoms with E-state index in [4.69, 9.17) is 34.8 Å². The number of allylic oxidation sites excluding steroid dienone is 4. The standard InChI is InChI=1S/C21H24Cl3FO5/c1-9-6-10-11-7-12(22)14-15(25)13(26)4-5-17(14,2)21(11,24)19(23,29)8-18(10,3)20(9,30)16(27)28/h4-5,9-12,29-30H,6-8H2,1-3H3,(H,27,28)/t9-,10+,11+,12+,17+,18+,19-,20+,21-/m1/s1. The summed E-state index contributed by atoms with van der Waals surface area (Å²) in [5, 5.41) is 29.6. The highest BCUT2D eigenvalue weighted by atomic mass is 35.5. The zero-order chi connectivity index (χ0) is 22.7. The molecule has 3 N–H and O–H groups in total. The zero-order valence-corrected chi connectivity index (χ0v) is 19.0. The van der Waals surface area contributed by atoms with Gasteiger partial charge < -0.3 is 15.3 Å². The van der Waals surface area contributed by atoms with Crippen molar-refractivity contribution < 1.29 is 29.3 Å². The van der Waals surface area contributed by atoms with Gasteiger partial charge in [-0.25, -0.2) is 9.18 Å². The smallest absolute Gasteiger partial charge is 0.336 e. The molecule has 3 saturated carbocycles. The van der Waals surface area contributed by atoms with Crippen LogP contribution in [-0.4, -0.2) is 48.0 Å². The van der Waals surface area contributed by atoms with Crippen molar-refractivity contribution in [3.05, 3.63) is 23.6 Å². The molecule has 4 rings (SSSR count). The summed E-state index contributed by atoms with van der Waals surface area (Å²) in [7, 11) is 0. The van der Waals surface area contributed by atoms with Gasteiger partial charge >= 0.3 is 5.97 Å². The average molecular weight is 482 g/mol. The number of carboxylic acids is 1. The average Bonchev–Trinajstić information content (AvgIpc) is 2.82. The van der Waals surface area contributed by atoms with Gasteiger partial charge in [-0.2, -0.15) is 0 Å². The quantitative estimate of drug-likeness (QED) is 0.496. The first-order valence-electron chi connectivity index (χ1n) is 9.93. The van der Waals surface area contributed by atoms with Crippen LogP contribution >= 0.6 is 34.8 Å². The van der Waals surface area contributed by atoms with Crippen LogP contribution < -0.4 is 0 Å². The highest BCUT2D eigenvalue weighted by Gasteiger charge is 2.79. The Balaban J connectivity index is 1.96. The van der Waals surface area contributed by atoms with Gasteiger partial charge in [0.15, 0.2) is 16.5 Å². The first kappa shape index (κ1) is 22.5. The second kappa shape index (κ2) is 6.22. The predicted octanol–water partition coefficient (Wildman–Crippen LogP) is 3.77. The lowest BCUT2D eigenvalue weighted by molar-refractivity contribution is -0.199. The fraction of sp³-hybridized carbons (Fsp3) is 0.714. The van der Waals surface area contributed by atoms with Crippen LogP contribution in [0.3, 0.4) is 0 Å².